The van der Waals surface area contributed by atoms with Crippen molar-refractivity contribution in [2.45, 2.75) is 91.3 Å². The second-order valence-corrected chi connectivity index (χ2v) is 17.8. The molecular formula is C49H66BrClN3O7+. The predicted molar refractivity (Wildman–Crippen MR) is 251 cm³/mol. The minimum atomic E-state index is -0.516. The number of aromatic hydroxyl groups is 3. The Morgan fingerprint density at radius 1 is 0.770 bits per heavy atom. The molecule has 0 atom stereocenters. The molecule has 0 unspecified atom stereocenters. The number of piperidine rings is 2. The van der Waals surface area contributed by atoms with Gasteiger partial charge in [0.25, 0.3) is 0 Å². The van der Waals surface area contributed by atoms with Crippen LogP contribution in [0.15, 0.2) is 114 Å². The highest BCUT2D eigenvalue weighted by Crippen LogP contribution is 2.22. The fourth-order valence-electron chi connectivity index (χ4n) is 6.18. The van der Waals surface area contributed by atoms with Crippen molar-refractivity contribution in [2.24, 2.45) is 11.8 Å². The largest absolute Gasteiger partial charge is 0.602 e. The first-order chi connectivity index (χ1) is 28.4. The first-order valence-corrected chi connectivity index (χ1v) is 21.4. The third kappa shape index (κ3) is 22.5. The Morgan fingerprint density at radius 3 is 1.82 bits per heavy atom. The summed E-state index contributed by atoms with van der Waals surface area (Å²) >= 11 is 3.20. The van der Waals surface area contributed by atoms with Gasteiger partial charge >= 0.3 is 12.2 Å². The highest BCUT2D eigenvalue weighted by molar-refractivity contribution is 9.10. The van der Waals surface area contributed by atoms with E-state index in [9.17, 15) is 19.8 Å². The molecule has 0 saturated carbocycles. The molecule has 3 aromatic carbocycles. The summed E-state index contributed by atoms with van der Waals surface area (Å²) in [5.41, 5.74) is 2.20. The van der Waals surface area contributed by atoms with Crippen LogP contribution in [0.1, 0.15) is 90.3 Å². The van der Waals surface area contributed by atoms with E-state index in [4.69, 9.17) is 14.6 Å². The zero-order valence-corrected chi connectivity index (χ0v) is 39.0. The maximum absolute atomic E-state index is 11.9. The van der Waals surface area contributed by atoms with E-state index in [1.165, 1.54) is 42.5 Å². The van der Waals surface area contributed by atoms with Gasteiger partial charge in [-0.2, -0.15) is 4.79 Å². The molecule has 2 fully saturated rings. The third-order valence-corrected chi connectivity index (χ3v) is 9.83. The van der Waals surface area contributed by atoms with Gasteiger partial charge in [0, 0.05) is 29.7 Å². The van der Waals surface area contributed by atoms with Gasteiger partial charge in [0.1, 0.15) is 28.5 Å². The Bertz CT molecular complexity index is 1930. The van der Waals surface area contributed by atoms with Crippen LogP contribution in [-0.4, -0.2) is 69.8 Å². The van der Waals surface area contributed by atoms with Crippen molar-refractivity contribution in [1.29, 1.82) is 0 Å². The van der Waals surface area contributed by atoms with Gasteiger partial charge in [-0.05, 0) is 164 Å². The van der Waals surface area contributed by atoms with Gasteiger partial charge < -0.3 is 35.0 Å². The minimum Gasteiger partial charge on any atom is -0.508 e. The van der Waals surface area contributed by atoms with Crippen LogP contribution in [0.3, 0.4) is 0 Å². The number of benzene rings is 3. The van der Waals surface area contributed by atoms with E-state index in [0.717, 1.165) is 53.9 Å². The van der Waals surface area contributed by atoms with E-state index in [1.54, 1.807) is 59.8 Å². The summed E-state index contributed by atoms with van der Waals surface area (Å²) in [6, 6.07) is 25.2. The highest BCUT2D eigenvalue weighted by atomic mass is 79.9. The van der Waals surface area contributed by atoms with E-state index in [2.05, 4.69) is 33.9 Å². The first kappa shape index (κ1) is 52.3. The van der Waals surface area contributed by atoms with E-state index in [1.807, 2.05) is 96.2 Å². The summed E-state index contributed by atoms with van der Waals surface area (Å²) in [6.07, 6.45) is 15.5. The fourth-order valence-corrected chi connectivity index (χ4v) is 6.57. The van der Waals surface area contributed by atoms with E-state index in [-0.39, 0.29) is 24.2 Å². The summed E-state index contributed by atoms with van der Waals surface area (Å²) in [6.45, 7) is 18.9. The number of rotatable bonds is 6. The SMILES string of the molecule is C=CC1CCN(C(=O)OC(C)(C)C)CC1.CC(C)(C)OC(=O)[n+]1ccc(/C=C/c2cccc(O)c2)cc1.Cl.Oc1cccc(Br)c1.Oc1cccc(CCC2CCNCC2)c1. The number of nitrogens with zero attached hydrogens (tertiary/aromatic N) is 2. The average Bonchev–Trinajstić information content (AvgIpc) is 3.19. The van der Waals surface area contributed by atoms with Crippen LogP contribution in [-0.2, 0) is 15.9 Å². The smallest absolute Gasteiger partial charge is 0.508 e. The van der Waals surface area contributed by atoms with Gasteiger partial charge in [0.15, 0.2) is 12.4 Å². The molecule has 1 amide bonds. The summed E-state index contributed by atoms with van der Waals surface area (Å²) in [4.78, 5) is 25.4. The normalized spacial score (nSPS) is 14.4. The molecule has 0 spiro atoms. The maximum atomic E-state index is 11.9. The van der Waals surface area contributed by atoms with Crippen LogP contribution in [0.25, 0.3) is 12.2 Å². The number of phenolic OH excluding ortho intramolecular Hbond substituents is 3. The van der Waals surface area contributed by atoms with Crippen LogP contribution < -0.4 is 9.88 Å². The van der Waals surface area contributed by atoms with Crippen LogP contribution in [0, 0.1) is 11.8 Å². The topological polar surface area (TPSA) is 132 Å². The molecule has 4 N–H and O–H groups in total. The summed E-state index contributed by atoms with van der Waals surface area (Å²) < 4.78 is 12.9. The number of nitrogens with one attached hydrogen (secondary N) is 1. The number of phenols is 3. The number of aromatic nitrogens is 1. The van der Waals surface area contributed by atoms with Crippen molar-refractivity contribution < 1.29 is 38.9 Å². The standard InChI is InChI=1S/C18H19NO3.C13H19NO.C12H21NO2.C6H5BrO.ClH/c1-18(2,3)22-17(21)19-11-9-14(10-12-19)7-8-15-5-4-6-16(20)13-15;15-13-3-1-2-12(10-13)5-4-11-6-8-14-9-7-11;1-5-10-6-8-13(9-7-10)11(14)15-12(2,3)4;7-5-2-1-3-6(8)4-5;/h4-13H,1-3H3;1-3,10-11,14-15H,4-9H2;5,10H,1,6-9H2,2-4H3;1-4,8H;1H/p+1/b8-7+;;;;. The fraction of sp³-hybridized carbons (Fsp3) is 0.408. The van der Waals surface area contributed by atoms with E-state index >= 15 is 0 Å². The lowest BCUT2D eigenvalue weighted by molar-refractivity contribution is -0.588. The predicted octanol–water partition coefficient (Wildman–Crippen LogP) is 11.4. The summed E-state index contributed by atoms with van der Waals surface area (Å²) in [7, 11) is 0. The number of aryl methyl sites for hydroxylation is 1. The van der Waals surface area contributed by atoms with Crippen LogP contribution >= 0.6 is 28.3 Å². The number of amides is 1. The van der Waals surface area contributed by atoms with Gasteiger partial charge in [0.05, 0.1) is 0 Å². The van der Waals surface area contributed by atoms with Crippen molar-refractivity contribution in [3.8, 4) is 17.2 Å². The maximum Gasteiger partial charge on any atom is 0.602 e. The van der Waals surface area contributed by atoms with Gasteiger partial charge in [-0.3, -0.25) is 0 Å². The number of halogens is 2. The molecule has 1 aromatic heterocycles. The summed E-state index contributed by atoms with van der Waals surface area (Å²) in [5.74, 6) is 2.34. The Kier molecular flexibility index (Phi) is 22.7. The van der Waals surface area contributed by atoms with Gasteiger partial charge in [-0.1, -0.05) is 69.1 Å². The lowest BCUT2D eigenvalue weighted by atomic mass is 9.91. The molecule has 332 valence electrons. The molecule has 2 aliphatic heterocycles. The molecule has 2 saturated heterocycles. The van der Waals surface area contributed by atoms with Gasteiger partial charge in [-0.15, -0.1) is 19.0 Å². The molecule has 61 heavy (non-hydrogen) atoms. The van der Waals surface area contributed by atoms with Crippen molar-refractivity contribution in [2.75, 3.05) is 26.2 Å². The number of hydrogen-bond donors (Lipinski definition) is 4. The molecule has 12 heteroatoms. The second-order valence-electron chi connectivity index (χ2n) is 16.9. The zero-order chi connectivity index (χ0) is 44.1. The van der Waals surface area contributed by atoms with E-state index in [0.29, 0.717) is 17.4 Å². The van der Waals surface area contributed by atoms with Crippen LogP contribution in [0.5, 0.6) is 17.2 Å². The highest BCUT2D eigenvalue weighted by Gasteiger charge is 2.26. The lowest BCUT2D eigenvalue weighted by Gasteiger charge is -2.32. The molecule has 6 rings (SSSR count). The van der Waals surface area contributed by atoms with Crippen molar-refractivity contribution in [3.63, 3.8) is 0 Å². The summed E-state index contributed by atoms with van der Waals surface area (Å²) in [5, 5.41) is 30.9. The number of likely N-dealkylation sites (tertiary alicyclic amines) is 1. The van der Waals surface area contributed by atoms with Gasteiger partial charge in [0.2, 0.25) is 0 Å². The first-order valence-electron chi connectivity index (χ1n) is 20.6. The Balaban J connectivity index is 0.000000292. The molecule has 0 radical (unpaired) electrons. The molecule has 0 aliphatic carbocycles. The number of ether oxygens (including phenoxy) is 2. The number of carbonyl (C=O) groups is 2. The number of hydrogen-bond acceptors (Lipinski definition) is 8. The third-order valence-electron chi connectivity index (χ3n) is 9.34. The number of carbonyl (C=O) groups excluding carboxylic acids is 2. The Labute approximate surface area is 377 Å². The second kappa shape index (κ2) is 26.5. The molecule has 3 heterocycles. The number of pyridine rings is 1. The quantitative estimate of drug-likeness (QED) is 0.111. The molecule has 10 nitrogen and oxygen atoms in total. The van der Waals surface area contributed by atoms with Crippen LogP contribution in [0.4, 0.5) is 9.59 Å². The number of allylic oxidation sites excluding steroid dienone is 1. The molecular weight excluding hydrogens is 858 g/mol. The average molecular weight is 924 g/mol. The molecule has 4 aromatic rings. The van der Waals surface area contributed by atoms with Crippen molar-refractivity contribution in [1.82, 2.24) is 10.2 Å². The zero-order valence-electron chi connectivity index (χ0n) is 36.6. The molecule has 2 aliphatic rings. The molecule has 0 bridgehead atoms. The lowest BCUT2D eigenvalue weighted by Crippen LogP contribution is -2.45. The van der Waals surface area contributed by atoms with Crippen molar-refractivity contribution in [3.05, 3.63) is 131 Å². The van der Waals surface area contributed by atoms with Crippen LogP contribution in [0.2, 0.25) is 0 Å². The van der Waals surface area contributed by atoms with Gasteiger partial charge in [-0.25, -0.2) is 4.79 Å². The monoisotopic (exact) mass is 922 g/mol. The minimum absolute atomic E-state index is 0. The Hall–Kier alpha value is -4.84. The Morgan fingerprint density at radius 2 is 1.31 bits per heavy atom. The van der Waals surface area contributed by atoms with Crippen molar-refractivity contribution >= 4 is 52.7 Å². The van der Waals surface area contributed by atoms with E-state index < -0.39 is 17.3 Å².